The Morgan fingerprint density at radius 1 is 1.23 bits per heavy atom. The van der Waals surface area contributed by atoms with E-state index < -0.39 is 10.0 Å². The zero-order chi connectivity index (χ0) is 17.2. The Labute approximate surface area is 135 Å². The molecule has 0 saturated heterocycles. The third-order valence-electron chi connectivity index (χ3n) is 3.02. The highest BCUT2D eigenvalue weighted by atomic mass is 32.2. The van der Waals surface area contributed by atoms with Crippen molar-refractivity contribution >= 4 is 16.0 Å². The van der Waals surface area contributed by atoms with Crippen LogP contribution in [0.5, 0.6) is 0 Å². The summed E-state index contributed by atoms with van der Waals surface area (Å²) in [7, 11) is -1.42. The van der Waals surface area contributed by atoms with E-state index in [1.54, 1.807) is 7.11 Å². The summed E-state index contributed by atoms with van der Waals surface area (Å²) in [4.78, 5) is 4.53. The molecule has 0 heterocycles. The molecule has 3 N–H and O–H groups in total. The fourth-order valence-electron chi connectivity index (χ4n) is 1.77. The van der Waals surface area contributed by atoms with Gasteiger partial charge in [0, 0.05) is 26.7 Å². The van der Waals surface area contributed by atoms with Crippen LogP contribution in [0.4, 0.5) is 0 Å². The lowest BCUT2D eigenvalue weighted by atomic mass is 9.89. The van der Waals surface area contributed by atoms with E-state index in [-0.39, 0.29) is 11.5 Å². The Bertz CT molecular complexity index is 430. The van der Waals surface area contributed by atoms with E-state index in [1.807, 2.05) is 6.92 Å². The van der Waals surface area contributed by atoms with Crippen LogP contribution in [-0.2, 0) is 14.8 Å². The minimum Gasteiger partial charge on any atom is -0.379 e. The van der Waals surface area contributed by atoms with Crippen molar-refractivity contribution < 1.29 is 13.2 Å². The molecule has 0 aromatic rings. The summed E-state index contributed by atoms with van der Waals surface area (Å²) in [6.45, 7) is 10.7. The van der Waals surface area contributed by atoms with Crippen molar-refractivity contribution in [3.63, 3.8) is 0 Å². The van der Waals surface area contributed by atoms with Gasteiger partial charge in [0.1, 0.15) is 0 Å². The Hall–Kier alpha value is -0.860. The van der Waals surface area contributed by atoms with E-state index in [0.29, 0.717) is 32.0 Å². The van der Waals surface area contributed by atoms with Crippen LogP contribution >= 0.6 is 0 Å². The first-order chi connectivity index (χ1) is 10.1. The third-order valence-corrected chi connectivity index (χ3v) is 3.75. The molecule has 1 atom stereocenters. The highest BCUT2D eigenvalue weighted by molar-refractivity contribution is 7.88. The fourth-order valence-corrected chi connectivity index (χ4v) is 2.29. The second-order valence-electron chi connectivity index (χ2n) is 6.26. The van der Waals surface area contributed by atoms with Gasteiger partial charge in [0.2, 0.25) is 10.0 Å². The molecular formula is C14H32N4O3S. The maximum atomic E-state index is 11.0. The van der Waals surface area contributed by atoms with Crippen LogP contribution in [0.3, 0.4) is 0 Å². The summed E-state index contributed by atoms with van der Waals surface area (Å²) in [5.41, 5.74) is 0.0228. The smallest absolute Gasteiger partial charge is 0.208 e. The minimum atomic E-state index is -3.12. The van der Waals surface area contributed by atoms with Gasteiger partial charge in [-0.1, -0.05) is 20.8 Å². The van der Waals surface area contributed by atoms with Gasteiger partial charge in [-0.25, -0.2) is 13.1 Å². The van der Waals surface area contributed by atoms with Crippen LogP contribution in [-0.4, -0.2) is 60.0 Å². The van der Waals surface area contributed by atoms with E-state index in [0.717, 1.165) is 12.8 Å². The van der Waals surface area contributed by atoms with Crippen molar-refractivity contribution in [3.05, 3.63) is 0 Å². The lowest BCUT2D eigenvalue weighted by Gasteiger charge is -2.28. The monoisotopic (exact) mass is 336 g/mol. The number of sulfonamides is 1. The van der Waals surface area contributed by atoms with Crippen LogP contribution in [0, 0.1) is 5.41 Å². The van der Waals surface area contributed by atoms with Gasteiger partial charge in [0.15, 0.2) is 5.96 Å². The first-order valence-electron chi connectivity index (χ1n) is 7.59. The van der Waals surface area contributed by atoms with E-state index in [9.17, 15) is 8.42 Å². The molecule has 0 aliphatic carbocycles. The number of guanidine groups is 1. The van der Waals surface area contributed by atoms with Gasteiger partial charge in [-0.3, -0.25) is 4.99 Å². The molecule has 0 aliphatic heterocycles. The molecule has 0 fully saturated rings. The van der Waals surface area contributed by atoms with Gasteiger partial charge in [0.25, 0.3) is 0 Å². The Morgan fingerprint density at radius 2 is 1.86 bits per heavy atom. The second kappa shape index (κ2) is 10.0. The van der Waals surface area contributed by atoms with E-state index in [2.05, 4.69) is 41.1 Å². The Balaban J connectivity index is 4.32. The molecule has 132 valence electrons. The summed E-state index contributed by atoms with van der Waals surface area (Å²) in [6, 6.07) is 0. The van der Waals surface area contributed by atoms with Crippen molar-refractivity contribution in [2.75, 3.05) is 39.5 Å². The maximum absolute atomic E-state index is 11.0. The largest absolute Gasteiger partial charge is 0.379 e. The maximum Gasteiger partial charge on any atom is 0.208 e. The average molecular weight is 337 g/mol. The molecule has 8 heteroatoms. The third kappa shape index (κ3) is 10.8. The van der Waals surface area contributed by atoms with Crippen LogP contribution in [0.1, 0.15) is 34.1 Å². The van der Waals surface area contributed by atoms with Gasteiger partial charge in [-0.15, -0.1) is 0 Å². The van der Waals surface area contributed by atoms with E-state index in [4.69, 9.17) is 4.74 Å². The normalized spacial score (nSPS) is 14.7. The fraction of sp³-hybridized carbons (Fsp3) is 0.929. The first-order valence-corrected chi connectivity index (χ1v) is 9.49. The van der Waals surface area contributed by atoms with Gasteiger partial charge in [0.05, 0.1) is 18.9 Å². The van der Waals surface area contributed by atoms with Crippen LogP contribution in [0.25, 0.3) is 0 Å². The summed E-state index contributed by atoms with van der Waals surface area (Å²) in [5.74, 6) is 0.716. The van der Waals surface area contributed by atoms with Crippen molar-refractivity contribution in [2.24, 2.45) is 10.4 Å². The molecule has 7 nitrogen and oxygen atoms in total. The summed E-state index contributed by atoms with van der Waals surface area (Å²) >= 11 is 0. The molecule has 22 heavy (non-hydrogen) atoms. The van der Waals surface area contributed by atoms with E-state index in [1.165, 1.54) is 0 Å². The lowest BCUT2D eigenvalue weighted by Crippen LogP contribution is -2.40. The van der Waals surface area contributed by atoms with Crippen molar-refractivity contribution in [2.45, 2.75) is 40.2 Å². The van der Waals surface area contributed by atoms with Gasteiger partial charge < -0.3 is 15.4 Å². The molecule has 0 rings (SSSR count). The predicted octanol–water partition coefficient (Wildman–Crippen LogP) is 0.542. The zero-order valence-corrected chi connectivity index (χ0v) is 15.5. The molecule has 0 radical (unpaired) electrons. The zero-order valence-electron chi connectivity index (χ0n) is 14.7. The van der Waals surface area contributed by atoms with Crippen LogP contribution in [0.15, 0.2) is 4.99 Å². The van der Waals surface area contributed by atoms with Gasteiger partial charge in [-0.05, 0) is 18.8 Å². The SMILES string of the molecule is CCNC(=NCC(OC)C(C)(C)C)NCCCNS(C)(=O)=O. The molecule has 0 bridgehead atoms. The van der Waals surface area contributed by atoms with Gasteiger partial charge in [-0.2, -0.15) is 0 Å². The minimum absolute atomic E-state index is 0.0228. The van der Waals surface area contributed by atoms with Crippen LogP contribution < -0.4 is 15.4 Å². The summed E-state index contributed by atoms with van der Waals surface area (Å²) in [6.07, 6.45) is 1.88. The summed E-state index contributed by atoms with van der Waals surface area (Å²) in [5, 5.41) is 6.35. The predicted molar refractivity (Wildman–Crippen MR) is 91.7 cm³/mol. The number of methoxy groups -OCH3 is 1. The lowest BCUT2D eigenvalue weighted by molar-refractivity contribution is 0.0241. The molecule has 0 aromatic carbocycles. The van der Waals surface area contributed by atoms with Gasteiger partial charge >= 0.3 is 0 Å². The quantitative estimate of drug-likeness (QED) is 0.325. The topological polar surface area (TPSA) is 91.8 Å². The molecule has 0 spiro atoms. The Kier molecular flexibility index (Phi) is 9.63. The molecule has 0 saturated carbocycles. The number of aliphatic imine (C=N–C) groups is 1. The summed E-state index contributed by atoms with van der Waals surface area (Å²) < 4.78 is 29.9. The highest BCUT2D eigenvalue weighted by Crippen LogP contribution is 2.21. The molecule has 0 aliphatic rings. The van der Waals surface area contributed by atoms with Crippen LogP contribution in [0.2, 0.25) is 0 Å². The van der Waals surface area contributed by atoms with Crippen molar-refractivity contribution in [3.8, 4) is 0 Å². The average Bonchev–Trinajstić information content (AvgIpc) is 2.35. The first kappa shape index (κ1) is 21.1. The number of hydrogen-bond acceptors (Lipinski definition) is 4. The highest BCUT2D eigenvalue weighted by Gasteiger charge is 2.23. The molecular weight excluding hydrogens is 304 g/mol. The number of nitrogens with zero attached hydrogens (tertiary/aromatic N) is 1. The number of hydrogen-bond donors (Lipinski definition) is 3. The number of nitrogens with one attached hydrogen (secondary N) is 3. The molecule has 0 aromatic heterocycles. The number of rotatable bonds is 9. The molecule has 1 unspecified atom stereocenters. The number of ether oxygens (including phenoxy) is 1. The molecule has 0 amide bonds. The second-order valence-corrected chi connectivity index (χ2v) is 8.09. The Morgan fingerprint density at radius 3 is 2.32 bits per heavy atom. The standard InChI is InChI=1S/C14H32N4O3S/c1-7-15-13(16-9-8-10-18-22(6,19)20)17-11-12(21-5)14(2,3)4/h12,18H,7-11H2,1-6H3,(H2,15,16,17). The van der Waals surface area contributed by atoms with Crippen molar-refractivity contribution in [1.82, 2.24) is 15.4 Å². The van der Waals surface area contributed by atoms with Crippen molar-refractivity contribution in [1.29, 1.82) is 0 Å². The van der Waals surface area contributed by atoms with E-state index >= 15 is 0 Å².